The fraction of sp³-hybridized carbons (Fsp3) is 0.417. The van der Waals surface area contributed by atoms with Crippen LogP contribution in [-0.4, -0.2) is 16.2 Å². The van der Waals surface area contributed by atoms with E-state index in [-0.39, 0.29) is 18.0 Å². The molecule has 1 atom stereocenters. The lowest BCUT2D eigenvalue weighted by atomic mass is 10.2. The molecule has 0 radical (unpaired) electrons. The molecular weight excluding hydrogens is 266 g/mol. The van der Waals surface area contributed by atoms with Crippen LogP contribution in [0.3, 0.4) is 0 Å². The summed E-state index contributed by atoms with van der Waals surface area (Å²) in [5.41, 5.74) is 0. The van der Waals surface area contributed by atoms with Gasteiger partial charge in [0.25, 0.3) is 0 Å². The molecule has 0 spiro atoms. The van der Waals surface area contributed by atoms with Gasteiger partial charge in [0.05, 0.1) is 6.04 Å². The lowest BCUT2D eigenvalue weighted by Gasteiger charge is -2.10. The van der Waals surface area contributed by atoms with E-state index in [0.29, 0.717) is 5.82 Å². The summed E-state index contributed by atoms with van der Waals surface area (Å²) in [6, 6.07) is 3.75. The Bertz CT molecular complexity index is 536. The van der Waals surface area contributed by atoms with Gasteiger partial charge in [-0.2, -0.15) is 4.98 Å². The Hall–Kier alpha value is -1.89. The first-order valence-corrected chi connectivity index (χ1v) is 6.79. The van der Waals surface area contributed by atoms with Crippen LogP contribution >= 0.6 is 11.3 Å². The molecule has 0 aliphatic rings. The van der Waals surface area contributed by atoms with Gasteiger partial charge in [-0.1, -0.05) is 25.1 Å². The molecule has 0 fully saturated rings. The van der Waals surface area contributed by atoms with Gasteiger partial charge in [0.15, 0.2) is 5.82 Å². The number of amides is 1. The number of nitrogens with zero attached hydrogens (tertiary/aromatic N) is 2. The lowest BCUT2D eigenvalue weighted by Crippen LogP contribution is -2.29. The molecule has 2 heterocycles. The summed E-state index contributed by atoms with van der Waals surface area (Å²) in [6.07, 6.45) is -0.751. The van der Waals surface area contributed by atoms with Crippen molar-refractivity contribution >= 4 is 17.4 Å². The maximum atomic E-state index is 11.6. The first-order chi connectivity index (χ1) is 9.06. The van der Waals surface area contributed by atoms with Crippen molar-refractivity contribution < 1.29 is 14.1 Å². The van der Waals surface area contributed by atoms with Crippen molar-refractivity contribution in [2.24, 2.45) is 0 Å². The molecule has 2 rings (SSSR count). The summed E-state index contributed by atoms with van der Waals surface area (Å²) in [6.45, 7) is 5.72. The summed E-state index contributed by atoms with van der Waals surface area (Å²) in [5, 5.41) is 8.35. The first kappa shape index (κ1) is 13.5. The zero-order valence-electron chi connectivity index (χ0n) is 10.9. The van der Waals surface area contributed by atoms with Crippen molar-refractivity contribution in [3.63, 3.8) is 0 Å². The number of aromatic nitrogens is 2. The fourth-order valence-electron chi connectivity index (χ4n) is 1.39. The third-order valence-electron chi connectivity index (χ3n) is 2.42. The highest BCUT2D eigenvalue weighted by Crippen LogP contribution is 2.19. The third-order valence-corrected chi connectivity index (χ3v) is 3.48. The Morgan fingerprint density at radius 2 is 2.26 bits per heavy atom. The monoisotopic (exact) mass is 281 g/mol. The topological polar surface area (TPSA) is 77.2 Å². The van der Waals surface area contributed by atoms with Gasteiger partial charge in [-0.3, -0.25) is 4.52 Å². The van der Waals surface area contributed by atoms with E-state index in [1.807, 2.05) is 38.3 Å². The Labute approximate surface area is 114 Å². The molecule has 0 saturated heterocycles. The van der Waals surface area contributed by atoms with E-state index in [9.17, 15) is 4.79 Å². The van der Waals surface area contributed by atoms with Gasteiger partial charge < -0.3 is 10.1 Å². The first-order valence-electron chi connectivity index (χ1n) is 5.91. The summed E-state index contributed by atoms with van der Waals surface area (Å²) in [7, 11) is 0. The molecule has 6 nitrogen and oxygen atoms in total. The van der Waals surface area contributed by atoms with Crippen LogP contribution in [-0.2, 0) is 0 Å². The van der Waals surface area contributed by atoms with Crippen LogP contribution in [0.2, 0.25) is 0 Å². The van der Waals surface area contributed by atoms with Crippen molar-refractivity contribution in [3.8, 4) is 6.08 Å². The van der Waals surface area contributed by atoms with Gasteiger partial charge in [0.1, 0.15) is 0 Å². The Morgan fingerprint density at radius 3 is 2.84 bits per heavy atom. The van der Waals surface area contributed by atoms with E-state index < -0.39 is 6.09 Å². The number of thiophene rings is 1. The molecule has 7 heteroatoms. The Balaban J connectivity index is 1.90. The van der Waals surface area contributed by atoms with Crippen LogP contribution < -0.4 is 10.1 Å². The molecule has 19 heavy (non-hydrogen) atoms. The average molecular weight is 281 g/mol. The van der Waals surface area contributed by atoms with Crippen molar-refractivity contribution in [1.29, 1.82) is 0 Å². The van der Waals surface area contributed by atoms with E-state index in [4.69, 9.17) is 9.26 Å². The zero-order valence-corrected chi connectivity index (χ0v) is 11.7. The van der Waals surface area contributed by atoms with Crippen molar-refractivity contribution in [2.75, 3.05) is 0 Å². The van der Waals surface area contributed by atoms with Crippen molar-refractivity contribution in [1.82, 2.24) is 15.5 Å². The van der Waals surface area contributed by atoms with Gasteiger partial charge in [-0.25, -0.2) is 4.79 Å². The van der Waals surface area contributed by atoms with Gasteiger partial charge in [0.2, 0.25) is 0 Å². The molecule has 2 aromatic heterocycles. The average Bonchev–Trinajstić information content (AvgIpc) is 2.98. The second-order valence-corrected chi connectivity index (χ2v) is 5.32. The predicted molar refractivity (Wildman–Crippen MR) is 70.3 cm³/mol. The number of hydrogen-bond donors (Lipinski definition) is 1. The van der Waals surface area contributed by atoms with Gasteiger partial charge in [-0.15, -0.1) is 11.3 Å². The fourth-order valence-corrected chi connectivity index (χ4v) is 2.12. The van der Waals surface area contributed by atoms with Crippen molar-refractivity contribution in [3.05, 3.63) is 28.2 Å². The second-order valence-electron chi connectivity index (χ2n) is 4.34. The van der Waals surface area contributed by atoms with Gasteiger partial charge in [-0.05, 0) is 18.4 Å². The van der Waals surface area contributed by atoms with E-state index >= 15 is 0 Å². The molecule has 1 unspecified atom stereocenters. The molecular formula is C12H15N3O3S. The standard InChI is InChI=1S/C12H15N3O3S/c1-7(2)10-14-12(18-15-10)17-11(16)13-8(3)9-5-4-6-19-9/h4-8H,1-3H3,(H,13,16). The predicted octanol–water partition coefficient (Wildman–Crippen LogP) is 3.10. The van der Waals surface area contributed by atoms with E-state index in [1.54, 1.807) is 11.3 Å². The summed E-state index contributed by atoms with van der Waals surface area (Å²) >= 11 is 1.57. The molecule has 0 aromatic carbocycles. The quantitative estimate of drug-likeness (QED) is 0.931. The smallest absolute Gasteiger partial charge is 0.359 e. The maximum Gasteiger partial charge on any atom is 0.426 e. The van der Waals surface area contributed by atoms with Crippen LogP contribution in [0.4, 0.5) is 4.79 Å². The molecule has 0 aliphatic carbocycles. The minimum Gasteiger partial charge on any atom is -0.359 e. The van der Waals surface area contributed by atoms with E-state index in [2.05, 4.69) is 15.5 Å². The molecule has 1 N–H and O–H groups in total. The molecule has 0 saturated carbocycles. The SMILES string of the molecule is CC(C)c1noc(OC(=O)NC(C)c2cccs2)n1. The summed E-state index contributed by atoms with van der Waals surface area (Å²) < 4.78 is 9.76. The summed E-state index contributed by atoms with van der Waals surface area (Å²) in [5.74, 6) is 0.628. The number of ether oxygens (including phenoxy) is 1. The maximum absolute atomic E-state index is 11.6. The second kappa shape index (κ2) is 5.83. The van der Waals surface area contributed by atoms with Crippen LogP contribution in [0.15, 0.2) is 22.0 Å². The number of nitrogens with one attached hydrogen (secondary N) is 1. The number of rotatable bonds is 4. The van der Waals surface area contributed by atoms with Crippen molar-refractivity contribution in [2.45, 2.75) is 32.7 Å². The van der Waals surface area contributed by atoms with Crippen LogP contribution in [0.1, 0.15) is 43.4 Å². The van der Waals surface area contributed by atoms with E-state index in [1.165, 1.54) is 0 Å². The molecule has 0 bridgehead atoms. The number of hydrogen-bond acceptors (Lipinski definition) is 6. The minimum absolute atomic E-state index is 0.120. The zero-order chi connectivity index (χ0) is 13.8. The normalized spacial score (nSPS) is 12.4. The number of carbonyl (C=O) groups is 1. The van der Waals surface area contributed by atoms with Gasteiger partial charge in [0, 0.05) is 10.8 Å². The summed E-state index contributed by atoms with van der Waals surface area (Å²) in [4.78, 5) is 16.6. The minimum atomic E-state index is -0.611. The molecule has 1 amide bonds. The number of carbonyl (C=O) groups excluding carboxylic acids is 1. The Kier molecular flexibility index (Phi) is 4.16. The van der Waals surface area contributed by atoms with Crippen LogP contribution in [0, 0.1) is 0 Å². The highest BCUT2D eigenvalue weighted by molar-refractivity contribution is 7.10. The van der Waals surface area contributed by atoms with Crippen LogP contribution in [0.25, 0.3) is 0 Å². The Morgan fingerprint density at radius 1 is 1.47 bits per heavy atom. The largest absolute Gasteiger partial charge is 0.426 e. The highest BCUT2D eigenvalue weighted by Gasteiger charge is 2.16. The third kappa shape index (κ3) is 3.54. The molecule has 2 aromatic rings. The van der Waals surface area contributed by atoms with E-state index in [0.717, 1.165) is 4.88 Å². The highest BCUT2D eigenvalue weighted by atomic mass is 32.1. The van der Waals surface area contributed by atoms with Crippen LogP contribution in [0.5, 0.6) is 6.08 Å². The molecule has 0 aliphatic heterocycles. The molecule has 102 valence electrons. The van der Waals surface area contributed by atoms with Gasteiger partial charge >= 0.3 is 12.2 Å². The lowest BCUT2D eigenvalue weighted by molar-refractivity contribution is 0.174.